The van der Waals surface area contributed by atoms with Gasteiger partial charge in [0.15, 0.2) is 11.2 Å². The summed E-state index contributed by atoms with van der Waals surface area (Å²) in [7, 11) is 1.64. The molecule has 0 fully saturated rings. The minimum atomic E-state index is -0.358. The molecule has 0 radical (unpaired) electrons. The zero-order valence-electron chi connectivity index (χ0n) is 16.5. The average Bonchev–Trinajstić information content (AvgIpc) is 3.03. The predicted molar refractivity (Wildman–Crippen MR) is 107 cm³/mol. The summed E-state index contributed by atoms with van der Waals surface area (Å²) in [5.74, 6) is 0.724. The van der Waals surface area contributed by atoms with Crippen LogP contribution in [-0.2, 0) is 20.1 Å². The van der Waals surface area contributed by atoms with Crippen LogP contribution in [0.5, 0.6) is 0 Å². The molecule has 0 N–H and O–H groups in total. The second kappa shape index (κ2) is 6.61. The number of imidazole rings is 1. The Morgan fingerprint density at radius 2 is 1.86 bits per heavy atom. The molecule has 28 heavy (non-hydrogen) atoms. The number of rotatable bonds is 3. The van der Waals surface area contributed by atoms with Crippen LogP contribution in [-0.4, -0.2) is 25.2 Å². The average molecular weight is 385 g/mol. The lowest BCUT2D eigenvalue weighted by molar-refractivity contribution is 0.454. The van der Waals surface area contributed by atoms with E-state index in [1.165, 1.54) is 21.3 Å². The van der Waals surface area contributed by atoms with Crippen LogP contribution in [0.1, 0.15) is 20.8 Å². The third-order valence-corrected chi connectivity index (χ3v) is 5.13. The van der Waals surface area contributed by atoms with Crippen molar-refractivity contribution in [2.75, 3.05) is 11.4 Å². The molecule has 1 aromatic carbocycles. The van der Waals surface area contributed by atoms with E-state index in [1.54, 1.807) is 19.2 Å². The third-order valence-electron chi connectivity index (χ3n) is 5.13. The van der Waals surface area contributed by atoms with Gasteiger partial charge in [0.25, 0.3) is 5.56 Å². The zero-order chi connectivity index (χ0) is 20.2. The second-order valence-electron chi connectivity index (χ2n) is 8.04. The molecule has 7 nitrogen and oxygen atoms in total. The smallest absolute Gasteiger partial charge is 0.312 e. The molecule has 148 valence electrons. The van der Waals surface area contributed by atoms with Gasteiger partial charge in [-0.05, 0) is 36.1 Å². The van der Waals surface area contributed by atoms with E-state index in [4.69, 9.17) is 0 Å². The standard InChI is InChI=1S/C20H24FN5O2/c1-12(2)9-26-18(27)16-17(23(4)20(26)28)22-19-24(10-13(3)11-25(16)19)15-7-5-14(21)6-8-15/h5-8,12-13H,9-11H2,1-4H3/t13-/m0/s1. The first-order chi connectivity index (χ1) is 13.3. The summed E-state index contributed by atoms with van der Waals surface area (Å²) in [5.41, 5.74) is 0.960. The molecule has 3 heterocycles. The van der Waals surface area contributed by atoms with Gasteiger partial charge in [0.05, 0.1) is 0 Å². The second-order valence-corrected chi connectivity index (χ2v) is 8.04. The van der Waals surface area contributed by atoms with E-state index >= 15 is 0 Å². The summed E-state index contributed by atoms with van der Waals surface area (Å²) >= 11 is 0. The molecule has 0 amide bonds. The van der Waals surface area contributed by atoms with Gasteiger partial charge in [-0.2, -0.15) is 4.98 Å². The summed E-state index contributed by atoms with van der Waals surface area (Å²) in [6, 6.07) is 6.22. The van der Waals surface area contributed by atoms with E-state index in [-0.39, 0.29) is 28.9 Å². The molecular weight excluding hydrogens is 361 g/mol. The predicted octanol–water partition coefficient (Wildman–Crippen LogP) is 2.48. The zero-order valence-corrected chi connectivity index (χ0v) is 16.5. The minimum Gasteiger partial charge on any atom is -0.312 e. The summed E-state index contributed by atoms with van der Waals surface area (Å²) < 4.78 is 18.0. The highest BCUT2D eigenvalue weighted by Gasteiger charge is 2.29. The lowest BCUT2D eigenvalue weighted by Crippen LogP contribution is -2.41. The van der Waals surface area contributed by atoms with Crippen LogP contribution in [0.4, 0.5) is 16.0 Å². The number of aromatic nitrogens is 4. The van der Waals surface area contributed by atoms with Gasteiger partial charge in [-0.15, -0.1) is 0 Å². The quantitative estimate of drug-likeness (QED) is 0.695. The molecule has 1 atom stereocenters. The van der Waals surface area contributed by atoms with Crippen LogP contribution >= 0.6 is 0 Å². The molecule has 1 aliphatic rings. The van der Waals surface area contributed by atoms with Crippen molar-refractivity contribution < 1.29 is 4.39 Å². The number of hydrogen-bond acceptors (Lipinski definition) is 4. The largest absolute Gasteiger partial charge is 0.332 e. The first-order valence-corrected chi connectivity index (χ1v) is 9.51. The van der Waals surface area contributed by atoms with Gasteiger partial charge in [-0.25, -0.2) is 9.18 Å². The van der Waals surface area contributed by atoms with Crippen LogP contribution in [0, 0.1) is 17.7 Å². The Hall–Kier alpha value is -2.90. The lowest BCUT2D eigenvalue weighted by atomic mass is 10.1. The number of fused-ring (bicyclic) bond motifs is 3. The maximum Gasteiger partial charge on any atom is 0.332 e. The molecule has 8 heteroatoms. The number of hydrogen-bond donors (Lipinski definition) is 0. The summed E-state index contributed by atoms with van der Waals surface area (Å²) in [6.45, 7) is 7.74. The molecule has 0 unspecified atom stereocenters. The highest BCUT2D eigenvalue weighted by molar-refractivity contribution is 5.77. The van der Waals surface area contributed by atoms with Crippen LogP contribution in [0.15, 0.2) is 33.9 Å². The number of nitrogens with zero attached hydrogens (tertiary/aromatic N) is 5. The fourth-order valence-corrected chi connectivity index (χ4v) is 3.87. The maximum absolute atomic E-state index is 13.4. The lowest BCUT2D eigenvalue weighted by Gasteiger charge is -2.32. The van der Waals surface area contributed by atoms with Crippen molar-refractivity contribution in [3.05, 3.63) is 50.9 Å². The van der Waals surface area contributed by atoms with Crippen LogP contribution in [0.2, 0.25) is 0 Å². The van der Waals surface area contributed by atoms with Gasteiger partial charge in [0, 0.05) is 32.4 Å². The number of aryl methyl sites for hydroxylation is 1. The normalized spacial score (nSPS) is 16.8. The van der Waals surface area contributed by atoms with Crippen molar-refractivity contribution in [2.24, 2.45) is 18.9 Å². The molecule has 0 aliphatic carbocycles. The van der Waals surface area contributed by atoms with Gasteiger partial charge in [-0.3, -0.25) is 13.9 Å². The van der Waals surface area contributed by atoms with E-state index in [0.717, 1.165) is 5.69 Å². The van der Waals surface area contributed by atoms with E-state index in [0.29, 0.717) is 36.7 Å². The Bertz CT molecular complexity index is 1160. The molecule has 4 rings (SSSR count). The molecule has 0 saturated carbocycles. The Kier molecular flexibility index (Phi) is 4.36. The highest BCUT2D eigenvalue weighted by Crippen LogP contribution is 2.32. The fraction of sp³-hybridized carbons (Fsp3) is 0.450. The molecular formula is C20H24FN5O2. The summed E-state index contributed by atoms with van der Waals surface area (Å²) in [4.78, 5) is 32.5. The first-order valence-electron chi connectivity index (χ1n) is 9.51. The molecule has 3 aromatic rings. The monoisotopic (exact) mass is 385 g/mol. The molecule has 0 saturated heterocycles. The van der Waals surface area contributed by atoms with E-state index in [2.05, 4.69) is 11.9 Å². The molecule has 2 aromatic heterocycles. The Balaban J connectivity index is 1.99. The van der Waals surface area contributed by atoms with E-state index in [1.807, 2.05) is 23.3 Å². The summed E-state index contributed by atoms with van der Waals surface area (Å²) in [6.07, 6.45) is 0. The Morgan fingerprint density at radius 3 is 2.50 bits per heavy atom. The van der Waals surface area contributed by atoms with Crippen molar-refractivity contribution >= 4 is 22.8 Å². The first kappa shape index (κ1) is 18.5. The van der Waals surface area contributed by atoms with Gasteiger partial charge in [0.2, 0.25) is 5.95 Å². The minimum absolute atomic E-state index is 0.168. The molecule has 0 spiro atoms. The fourth-order valence-electron chi connectivity index (χ4n) is 3.87. The van der Waals surface area contributed by atoms with Crippen LogP contribution in [0.25, 0.3) is 11.2 Å². The van der Waals surface area contributed by atoms with Crippen LogP contribution in [0.3, 0.4) is 0 Å². The van der Waals surface area contributed by atoms with Crippen molar-refractivity contribution in [1.82, 2.24) is 18.7 Å². The Labute approximate surface area is 161 Å². The Morgan fingerprint density at radius 1 is 1.18 bits per heavy atom. The van der Waals surface area contributed by atoms with Gasteiger partial charge in [-0.1, -0.05) is 20.8 Å². The SMILES string of the molecule is CC(C)Cn1c(=O)c2c(nc3n2C[C@@H](C)CN3c2ccc(F)cc2)n(C)c1=O. The van der Waals surface area contributed by atoms with Crippen LogP contribution < -0.4 is 16.1 Å². The highest BCUT2D eigenvalue weighted by atomic mass is 19.1. The topological polar surface area (TPSA) is 65.1 Å². The van der Waals surface area contributed by atoms with Crippen molar-refractivity contribution in [3.63, 3.8) is 0 Å². The van der Waals surface area contributed by atoms with Crippen molar-refractivity contribution in [3.8, 4) is 0 Å². The van der Waals surface area contributed by atoms with Gasteiger partial charge in [0.1, 0.15) is 5.82 Å². The third kappa shape index (κ3) is 2.83. The van der Waals surface area contributed by atoms with E-state index in [9.17, 15) is 14.0 Å². The van der Waals surface area contributed by atoms with Gasteiger partial charge < -0.3 is 9.47 Å². The van der Waals surface area contributed by atoms with Crippen molar-refractivity contribution in [1.29, 1.82) is 0 Å². The van der Waals surface area contributed by atoms with Crippen molar-refractivity contribution in [2.45, 2.75) is 33.9 Å². The van der Waals surface area contributed by atoms with E-state index < -0.39 is 0 Å². The number of anilines is 2. The maximum atomic E-state index is 13.4. The molecule has 1 aliphatic heterocycles. The number of benzene rings is 1. The molecule has 0 bridgehead atoms. The summed E-state index contributed by atoms with van der Waals surface area (Å²) in [5, 5.41) is 0. The van der Waals surface area contributed by atoms with Gasteiger partial charge >= 0.3 is 5.69 Å². The number of halogens is 1.